The van der Waals surface area contributed by atoms with Gasteiger partial charge in [0.2, 0.25) is 0 Å². The van der Waals surface area contributed by atoms with Crippen molar-refractivity contribution in [3.63, 3.8) is 0 Å². The molecule has 1 atom stereocenters. The Balaban J connectivity index is 0.00000176. The van der Waals surface area contributed by atoms with E-state index in [0.717, 1.165) is 30.2 Å². The molecule has 2 heterocycles. The third kappa shape index (κ3) is 3.13. The van der Waals surface area contributed by atoms with E-state index in [-0.39, 0.29) is 24.4 Å². The molecule has 1 aliphatic rings. The number of hydrogen-bond acceptors (Lipinski definition) is 4. The van der Waals surface area contributed by atoms with Gasteiger partial charge < -0.3 is 10.6 Å². The highest BCUT2D eigenvalue weighted by Crippen LogP contribution is 2.19. The molecule has 1 aromatic heterocycles. The molecule has 1 fully saturated rings. The van der Waals surface area contributed by atoms with Crippen LogP contribution in [0, 0.1) is 6.92 Å². The first-order chi connectivity index (χ1) is 10.0. The van der Waals surface area contributed by atoms with Gasteiger partial charge in [-0.05, 0) is 25.5 Å². The normalized spacial score (nSPS) is 17.4. The Morgan fingerprint density at radius 1 is 1.32 bits per heavy atom. The van der Waals surface area contributed by atoms with E-state index in [9.17, 15) is 4.79 Å². The monoisotopic (exact) mass is 321 g/mol. The molecular weight excluding hydrogens is 302 g/mol. The van der Waals surface area contributed by atoms with Gasteiger partial charge in [-0.1, -0.05) is 12.1 Å². The van der Waals surface area contributed by atoms with Crippen LogP contribution in [-0.2, 0) is 7.05 Å². The zero-order valence-electron chi connectivity index (χ0n) is 12.7. The summed E-state index contributed by atoms with van der Waals surface area (Å²) in [4.78, 5) is 18.5. The number of carbonyl (C=O) groups excluding carboxylic acids is 1. The van der Waals surface area contributed by atoms with E-state index in [2.05, 4.69) is 10.1 Å². The Bertz CT molecular complexity index is 667. The smallest absolute Gasteiger partial charge is 0.253 e. The van der Waals surface area contributed by atoms with Crippen LogP contribution in [0.5, 0.6) is 0 Å². The number of benzene rings is 1. The van der Waals surface area contributed by atoms with Crippen LogP contribution in [0.4, 0.5) is 0 Å². The lowest BCUT2D eigenvalue weighted by Gasteiger charge is -2.15. The first-order valence-electron chi connectivity index (χ1n) is 7.07. The van der Waals surface area contributed by atoms with E-state index in [1.54, 1.807) is 4.68 Å². The fraction of sp³-hybridized carbons (Fsp3) is 0.400. The number of amides is 1. The van der Waals surface area contributed by atoms with E-state index in [1.165, 1.54) is 0 Å². The number of aryl methyl sites for hydroxylation is 2. The molecule has 0 saturated carbocycles. The van der Waals surface area contributed by atoms with Crippen molar-refractivity contribution in [3.8, 4) is 11.4 Å². The summed E-state index contributed by atoms with van der Waals surface area (Å²) in [5.41, 5.74) is 7.49. The predicted octanol–water partition coefficient (Wildman–Crippen LogP) is 1.39. The number of nitrogens with two attached hydrogens (primary N) is 1. The number of aromatic nitrogens is 3. The zero-order chi connectivity index (χ0) is 15.0. The molecule has 0 aliphatic carbocycles. The van der Waals surface area contributed by atoms with Crippen molar-refractivity contribution in [3.05, 3.63) is 35.7 Å². The molecule has 1 aliphatic heterocycles. The zero-order valence-corrected chi connectivity index (χ0v) is 13.5. The van der Waals surface area contributed by atoms with E-state index >= 15 is 0 Å². The van der Waals surface area contributed by atoms with Gasteiger partial charge in [0.25, 0.3) is 5.91 Å². The summed E-state index contributed by atoms with van der Waals surface area (Å²) in [5.74, 6) is 1.58. The third-order valence-electron chi connectivity index (χ3n) is 3.77. The molecule has 0 spiro atoms. The van der Waals surface area contributed by atoms with Crippen molar-refractivity contribution in [1.29, 1.82) is 0 Å². The lowest BCUT2D eigenvalue weighted by Crippen LogP contribution is -2.31. The first-order valence-corrected chi connectivity index (χ1v) is 7.07. The minimum Gasteiger partial charge on any atom is -0.337 e. The molecule has 1 unspecified atom stereocenters. The minimum atomic E-state index is 0. The van der Waals surface area contributed by atoms with Gasteiger partial charge >= 0.3 is 0 Å². The van der Waals surface area contributed by atoms with Gasteiger partial charge in [-0.25, -0.2) is 9.67 Å². The van der Waals surface area contributed by atoms with Crippen LogP contribution in [0.1, 0.15) is 22.6 Å². The lowest BCUT2D eigenvalue weighted by atomic mass is 10.1. The Hall–Kier alpha value is -1.92. The van der Waals surface area contributed by atoms with Crippen molar-refractivity contribution in [2.24, 2.45) is 12.8 Å². The summed E-state index contributed by atoms with van der Waals surface area (Å²) >= 11 is 0. The lowest BCUT2D eigenvalue weighted by molar-refractivity contribution is 0.0791. The second-order valence-corrected chi connectivity index (χ2v) is 5.48. The highest BCUT2D eigenvalue weighted by molar-refractivity contribution is 5.94. The largest absolute Gasteiger partial charge is 0.337 e. The second-order valence-electron chi connectivity index (χ2n) is 5.48. The van der Waals surface area contributed by atoms with Crippen LogP contribution in [0.3, 0.4) is 0 Å². The maximum atomic E-state index is 12.3. The standard InChI is InChI=1S/C15H19N5O.ClH/c1-10-17-14(19(2)18-10)11-3-5-12(6-4-11)15(21)20-8-7-13(16)9-20;/h3-6,13H,7-9,16H2,1-2H3;1H. The number of halogens is 1. The quantitative estimate of drug-likeness (QED) is 0.906. The van der Waals surface area contributed by atoms with E-state index in [0.29, 0.717) is 12.1 Å². The van der Waals surface area contributed by atoms with Gasteiger partial charge in [0, 0.05) is 37.3 Å². The van der Waals surface area contributed by atoms with Gasteiger partial charge in [-0.2, -0.15) is 5.10 Å². The molecule has 3 rings (SSSR count). The maximum Gasteiger partial charge on any atom is 0.253 e. The molecule has 0 radical (unpaired) electrons. The fourth-order valence-corrected chi connectivity index (χ4v) is 2.68. The van der Waals surface area contributed by atoms with Gasteiger partial charge in [0.05, 0.1) is 0 Å². The number of nitrogens with zero attached hydrogens (tertiary/aromatic N) is 4. The third-order valence-corrected chi connectivity index (χ3v) is 3.77. The summed E-state index contributed by atoms with van der Waals surface area (Å²) < 4.78 is 1.74. The van der Waals surface area contributed by atoms with Crippen molar-refractivity contribution >= 4 is 18.3 Å². The molecule has 0 bridgehead atoms. The van der Waals surface area contributed by atoms with Crippen LogP contribution < -0.4 is 5.73 Å². The minimum absolute atomic E-state index is 0. The number of likely N-dealkylation sites (tertiary alicyclic amines) is 1. The molecule has 1 saturated heterocycles. The van der Waals surface area contributed by atoms with E-state index < -0.39 is 0 Å². The summed E-state index contributed by atoms with van der Waals surface area (Å²) in [6.07, 6.45) is 0.877. The summed E-state index contributed by atoms with van der Waals surface area (Å²) in [6, 6.07) is 7.60. The molecule has 22 heavy (non-hydrogen) atoms. The second kappa shape index (κ2) is 6.46. The Labute approximate surface area is 135 Å². The average molecular weight is 322 g/mol. The molecule has 7 heteroatoms. The van der Waals surface area contributed by atoms with Gasteiger partial charge in [0.1, 0.15) is 5.82 Å². The van der Waals surface area contributed by atoms with Crippen molar-refractivity contribution in [2.75, 3.05) is 13.1 Å². The fourth-order valence-electron chi connectivity index (χ4n) is 2.68. The van der Waals surface area contributed by atoms with Gasteiger partial charge in [-0.15, -0.1) is 12.4 Å². The Morgan fingerprint density at radius 3 is 2.50 bits per heavy atom. The van der Waals surface area contributed by atoms with Crippen molar-refractivity contribution < 1.29 is 4.79 Å². The molecule has 1 aromatic carbocycles. The number of hydrogen-bond donors (Lipinski definition) is 1. The molecule has 2 aromatic rings. The van der Waals surface area contributed by atoms with Gasteiger partial charge in [-0.3, -0.25) is 4.79 Å². The molecular formula is C15H20ClN5O. The highest BCUT2D eigenvalue weighted by atomic mass is 35.5. The van der Waals surface area contributed by atoms with Gasteiger partial charge in [0.15, 0.2) is 5.82 Å². The number of carbonyl (C=O) groups is 1. The average Bonchev–Trinajstić information content (AvgIpc) is 3.04. The molecule has 1 amide bonds. The van der Waals surface area contributed by atoms with Crippen LogP contribution in [-0.4, -0.2) is 44.7 Å². The van der Waals surface area contributed by atoms with Crippen LogP contribution in [0.2, 0.25) is 0 Å². The predicted molar refractivity (Wildman–Crippen MR) is 86.9 cm³/mol. The summed E-state index contributed by atoms with van der Waals surface area (Å²) in [7, 11) is 1.86. The molecule has 118 valence electrons. The molecule has 6 nitrogen and oxygen atoms in total. The molecule has 2 N–H and O–H groups in total. The van der Waals surface area contributed by atoms with Crippen molar-refractivity contribution in [1.82, 2.24) is 19.7 Å². The summed E-state index contributed by atoms with van der Waals surface area (Å²) in [6.45, 7) is 3.24. The number of rotatable bonds is 2. The summed E-state index contributed by atoms with van der Waals surface area (Å²) in [5, 5.41) is 4.23. The van der Waals surface area contributed by atoms with E-state index in [4.69, 9.17) is 5.73 Å². The van der Waals surface area contributed by atoms with Crippen molar-refractivity contribution in [2.45, 2.75) is 19.4 Å². The topological polar surface area (TPSA) is 77.0 Å². The Kier molecular flexibility index (Phi) is 4.83. The maximum absolute atomic E-state index is 12.3. The van der Waals surface area contributed by atoms with Crippen LogP contribution in [0.25, 0.3) is 11.4 Å². The Morgan fingerprint density at radius 2 is 2.00 bits per heavy atom. The van der Waals surface area contributed by atoms with Crippen LogP contribution in [0.15, 0.2) is 24.3 Å². The first kappa shape index (κ1) is 16.5. The SMILES string of the molecule is Cc1nc(-c2ccc(C(=O)N3CCC(N)C3)cc2)n(C)n1.Cl. The van der Waals surface area contributed by atoms with E-state index in [1.807, 2.05) is 43.1 Å². The highest BCUT2D eigenvalue weighted by Gasteiger charge is 2.24. The van der Waals surface area contributed by atoms with Crippen LogP contribution >= 0.6 is 12.4 Å².